The van der Waals surface area contributed by atoms with Gasteiger partial charge in [-0.15, -0.1) is 0 Å². The molecule has 4 nitrogen and oxygen atoms in total. The van der Waals surface area contributed by atoms with Crippen LogP contribution < -0.4 is 0 Å². The number of hydrogen-bond donors (Lipinski definition) is 1. The number of benzene rings is 2. The molecular weight excluding hydrogens is 414 g/mol. The first kappa shape index (κ1) is 18.0. The molecule has 28 heavy (non-hydrogen) atoms. The third-order valence-electron chi connectivity index (χ3n) is 6.29. The van der Waals surface area contributed by atoms with Crippen LogP contribution in [-0.4, -0.2) is 33.5 Å². The Labute approximate surface area is 173 Å². The second-order valence-corrected chi connectivity index (χ2v) is 8.88. The Morgan fingerprint density at radius 3 is 2.79 bits per heavy atom. The molecule has 0 saturated heterocycles. The van der Waals surface area contributed by atoms with Gasteiger partial charge in [-0.25, -0.2) is 0 Å². The van der Waals surface area contributed by atoms with Gasteiger partial charge in [0.2, 0.25) is 0 Å². The van der Waals surface area contributed by atoms with Crippen LogP contribution in [0.25, 0.3) is 10.9 Å². The van der Waals surface area contributed by atoms with E-state index in [1.165, 1.54) is 47.0 Å². The van der Waals surface area contributed by atoms with Crippen LogP contribution >= 0.6 is 15.9 Å². The van der Waals surface area contributed by atoms with Gasteiger partial charge in [-0.3, -0.25) is 4.90 Å². The summed E-state index contributed by atoms with van der Waals surface area (Å²) in [5.41, 5.74) is 7.45. The van der Waals surface area contributed by atoms with E-state index in [0.717, 1.165) is 28.8 Å². The van der Waals surface area contributed by atoms with Crippen molar-refractivity contribution in [2.24, 2.45) is 5.16 Å². The zero-order valence-electron chi connectivity index (χ0n) is 16.0. The number of oxime groups is 1. The zero-order chi connectivity index (χ0) is 19.3. The molecule has 0 radical (unpaired) electrons. The molecule has 2 aliphatic rings. The van der Waals surface area contributed by atoms with Gasteiger partial charge >= 0.3 is 0 Å². The molecule has 1 N–H and O–H groups in total. The van der Waals surface area contributed by atoms with Crippen LogP contribution in [0.1, 0.15) is 41.3 Å². The van der Waals surface area contributed by atoms with E-state index in [9.17, 15) is 5.21 Å². The molecule has 0 saturated carbocycles. The van der Waals surface area contributed by atoms with Gasteiger partial charge < -0.3 is 9.77 Å². The molecule has 0 amide bonds. The van der Waals surface area contributed by atoms with E-state index >= 15 is 0 Å². The summed E-state index contributed by atoms with van der Waals surface area (Å²) in [6.07, 6.45) is 3.55. The highest BCUT2D eigenvalue weighted by Gasteiger charge is 2.35. The van der Waals surface area contributed by atoms with Crippen LogP contribution in [0, 0.1) is 6.92 Å². The smallest absolute Gasteiger partial charge is 0.101 e. The van der Waals surface area contributed by atoms with Gasteiger partial charge in [-0.1, -0.05) is 44.8 Å². The molecule has 0 spiro atoms. The number of hydrogen-bond acceptors (Lipinski definition) is 3. The van der Waals surface area contributed by atoms with Crippen molar-refractivity contribution in [2.75, 3.05) is 13.1 Å². The van der Waals surface area contributed by atoms with Crippen LogP contribution in [0.15, 0.2) is 52.1 Å². The maximum atomic E-state index is 9.69. The van der Waals surface area contributed by atoms with Crippen molar-refractivity contribution >= 4 is 32.5 Å². The standard InChI is InChI=1S/C23H24BrN3O/c1-15-5-10-21-19(13-15)18-3-2-4-22-23(18)27(21)12-11-26(22)14-20(25-28)16-6-8-17(24)9-7-16/h5-10,13,22,28H,2-4,11-12,14H2,1H3/b25-20+/t22-/m0/s1. The van der Waals surface area contributed by atoms with Gasteiger partial charge in [-0.2, -0.15) is 0 Å². The number of nitrogens with zero attached hydrogens (tertiary/aromatic N) is 3. The SMILES string of the molecule is Cc1ccc2c(c1)c1c3n2CCN(C/C(=N\O)c2ccc(Br)cc2)[C@H]3CCC1. The lowest BCUT2D eigenvalue weighted by molar-refractivity contribution is 0.161. The van der Waals surface area contributed by atoms with Gasteiger partial charge in [0.25, 0.3) is 0 Å². The molecule has 5 rings (SSSR count). The first-order valence-corrected chi connectivity index (χ1v) is 10.8. The molecule has 5 heteroatoms. The van der Waals surface area contributed by atoms with Crippen molar-refractivity contribution < 1.29 is 5.21 Å². The molecule has 1 atom stereocenters. The van der Waals surface area contributed by atoms with E-state index in [4.69, 9.17) is 0 Å². The van der Waals surface area contributed by atoms with E-state index in [1.54, 1.807) is 0 Å². The Kier molecular flexibility index (Phi) is 4.52. The Hall–Kier alpha value is -2.11. The maximum Gasteiger partial charge on any atom is 0.101 e. The average molecular weight is 438 g/mol. The maximum absolute atomic E-state index is 9.69. The van der Waals surface area contributed by atoms with Gasteiger partial charge in [0, 0.05) is 46.3 Å². The highest BCUT2D eigenvalue weighted by molar-refractivity contribution is 9.10. The molecule has 0 fully saturated rings. The fourth-order valence-corrected chi connectivity index (χ4v) is 5.26. The number of aromatic nitrogens is 1. The number of aryl methyl sites for hydroxylation is 2. The average Bonchev–Trinajstić information content (AvgIpc) is 3.03. The predicted molar refractivity (Wildman–Crippen MR) is 116 cm³/mol. The molecule has 0 bridgehead atoms. The largest absolute Gasteiger partial charge is 0.411 e. The normalized spacial score (nSPS) is 19.8. The summed E-state index contributed by atoms with van der Waals surface area (Å²) >= 11 is 3.48. The lowest BCUT2D eigenvalue weighted by atomic mass is 9.89. The zero-order valence-corrected chi connectivity index (χ0v) is 17.6. The van der Waals surface area contributed by atoms with Crippen LogP contribution in [0.5, 0.6) is 0 Å². The molecule has 2 heterocycles. The summed E-state index contributed by atoms with van der Waals surface area (Å²) in [5.74, 6) is 0. The van der Waals surface area contributed by atoms with Crippen LogP contribution in [0.3, 0.4) is 0 Å². The predicted octanol–water partition coefficient (Wildman–Crippen LogP) is 5.28. The highest BCUT2D eigenvalue weighted by atomic mass is 79.9. The first-order valence-electron chi connectivity index (χ1n) is 9.98. The number of halogens is 1. The Morgan fingerprint density at radius 2 is 2.00 bits per heavy atom. The fourth-order valence-electron chi connectivity index (χ4n) is 5.00. The molecule has 1 aliphatic heterocycles. The van der Waals surface area contributed by atoms with Crippen molar-refractivity contribution in [2.45, 2.75) is 38.8 Å². The minimum absolute atomic E-state index is 0.400. The monoisotopic (exact) mass is 437 g/mol. The molecule has 1 aliphatic carbocycles. The molecular formula is C23H24BrN3O. The first-order chi connectivity index (χ1) is 13.7. The summed E-state index contributed by atoms with van der Waals surface area (Å²) < 4.78 is 3.57. The van der Waals surface area contributed by atoms with Crippen molar-refractivity contribution in [1.82, 2.24) is 9.47 Å². The highest BCUT2D eigenvalue weighted by Crippen LogP contribution is 2.42. The van der Waals surface area contributed by atoms with E-state index in [1.807, 2.05) is 24.3 Å². The van der Waals surface area contributed by atoms with Crippen molar-refractivity contribution in [3.8, 4) is 0 Å². The van der Waals surface area contributed by atoms with E-state index in [0.29, 0.717) is 12.6 Å². The number of rotatable bonds is 3. The molecule has 3 aromatic rings. The van der Waals surface area contributed by atoms with Crippen molar-refractivity contribution in [3.63, 3.8) is 0 Å². The summed E-state index contributed by atoms with van der Waals surface area (Å²) in [6.45, 7) is 4.81. The molecule has 144 valence electrons. The Morgan fingerprint density at radius 1 is 1.18 bits per heavy atom. The Balaban J connectivity index is 1.51. The van der Waals surface area contributed by atoms with E-state index in [-0.39, 0.29) is 0 Å². The lowest BCUT2D eigenvalue weighted by Gasteiger charge is -2.40. The summed E-state index contributed by atoms with van der Waals surface area (Å²) in [6, 6.07) is 15.3. The summed E-state index contributed by atoms with van der Waals surface area (Å²) in [7, 11) is 0. The van der Waals surface area contributed by atoms with E-state index < -0.39 is 0 Å². The third-order valence-corrected chi connectivity index (χ3v) is 6.82. The fraction of sp³-hybridized carbons (Fsp3) is 0.348. The molecule has 1 aromatic heterocycles. The molecule has 2 aromatic carbocycles. The summed E-state index contributed by atoms with van der Waals surface area (Å²) in [5, 5.41) is 14.8. The summed E-state index contributed by atoms with van der Waals surface area (Å²) in [4.78, 5) is 2.50. The van der Waals surface area contributed by atoms with Crippen LogP contribution in [-0.2, 0) is 13.0 Å². The topological polar surface area (TPSA) is 40.8 Å². The van der Waals surface area contributed by atoms with Crippen LogP contribution in [0.4, 0.5) is 0 Å². The molecule has 0 unspecified atom stereocenters. The minimum atomic E-state index is 0.400. The van der Waals surface area contributed by atoms with Gasteiger partial charge in [0.15, 0.2) is 0 Å². The van der Waals surface area contributed by atoms with E-state index in [2.05, 4.69) is 55.7 Å². The number of fused-ring (bicyclic) bond motifs is 3. The minimum Gasteiger partial charge on any atom is -0.411 e. The third kappa shape index (κ3) is 2.88. The quantitative estimate of drug-likeness (QED) is 0.343. The second-order valence-electron chi connectivity index (χ2n) is 7.97. The second kappa shape index (κ2) is 7.05. The van der Waals surface area contributed by atoms with Crippen molar-refractivity contribution in [1.29, 1.82) is 0 Å². The van der Waals surface area contributed by atoms with Gasteiger partial charge in [0.1, 0.15) is 5.71 Å². The van der Waals surface area contributed by atoms with Gasteiger partial charge in [0.05, 0.1) is 6.04 Å². The Bertz CT molecular complexity index is 1070. The van der Waals surface area contributed by atoms with Crippen molar-refractivity contribution in [3.05, 3.63) is 69.3 Å². The van der Waals surface area contributed by atoms with Gasteiger partial charge in [-0.05, 0) is 56.0 Å². The van der Waals surface area contributed by atoms with Crippen LogP contribution in [0.2, 0.25) is 0 Å². The lowest BCUT2D eigenvalue weighted by Crippen LogP contribution is -2.42.